The van der Waals surface area contributed by atoms with Gasteiger partial charge in [-0.2, -0.15) is 0 Å². The van der Waals surface area contributed by atoms with Crippen molar-refractivity contribution in [3.05, 3.63) is 36.0 Å². The third kappa shape index (κ3) is 2.25. The number of fused-ring (bicyclic) bond motifs is 1. The van der Waals surface area contributed by atoms with Crippen LogP contribution in [-0.4, -0.2) is 28.9 Å². The first-order valence-corrected chi connectivity index (χ1v) is 7.10. The molecule has 3 heteroatoms. The van der Waals surface area contributed by atoms with Gasteiger partial charge in [0.15, 0.2) is 0 Å². The molecule has 0 saturated heterocycles. The van der Waals surface area contributed by atoms with Gasteiger partial charge in [-0.3, -0.25) is 4.79 Å². The first-order valence-electron chi connectivity index (χ1n) is 7.10. The number of H-pyrrole nitrogens is 1. The molecule has 1 N–H and O–H groups in total. The van der Waals surface area contributed by atoms with Crippen LogP contribution >= 0.6 is 0 Å². The zero-order chi connectivity index (χ0) is 13.2. The first-order chi connectivity index (χ1) is 9.27. The van der Waals surface area contributed by atoms with E-state index >= 15 is 0 Å². The Labute approximate surface area is 113 Å². The zero-order valence-corrected chi connectivity index (χ0v) is 11.4. The van der Waals surface area contributed by atoms with Crippen LogP contribution in [0.4, 0.5) is 0 Å². The minimum Gasteiger partial charge on any atom is -0.361 e. The monoisotopic (exact) mass is 256 g/mol. The highest BCUT2D eigenvalue weighted by molar-refractivity contribution is 6.05. The molecule has 1 saturated carbocycles. The van der Waals surface area contributed by atoms with E-state index in [0.29, 0.717) is 6.04 Å². The minimum atomic E-state index is 0.139. The lowest BCUT2D eigenvalue weighted by Crippen LogP contribution is -2.38. The van der Waals surface area contributed by atoms with Gasteiger partial charge in [0.1, 0.15) is 0 Å². The number of aromatic amines is 1. The summed E-state index contributed by atoms with van der Waals surface area (Å²) in [7, 11) is 1.94. The fourth-order valence-corrected chi connectivity index (χ4v) is 3.09. The van der Waals surface area contributed by atoms with Gasteiger partial charge in [0.2, 0.25) is 0 Å². The van der Waals surface area contributed by atoms with Crippen molar-refractivity contribution >= 4 is 16.8 Å². The summed E-state index contributed by atoms with van der Waals surface area (Å²) in [6, 6.07) is 8.32. The summed E-state index contributed by atoms with van der Waals surface area (Å²) >= 11 is 0. The summed E-state index contributed by atoms with van der Waals surface area (Å²) in [6.07, 6.45) is 7.97. The van der Waals surface area contributed by atoms with Crippen LogP contribution in [0.5, 0.6) is 0 Å². The van der Waals surface area contributed by atoms with E-state index in [9.17, 15) is 4.79 Å². The van der Waals surface area contributed by atoms with E-state index in [1.165, 1.54) is 19.3 Å². The largest absolute Gasteiger partial charge is 0.361 e. The maximum Gasteiger partial charge on any atom is 0.255 e. The van der Waals surface area contributed by atoms with Gasteiger partial charge < -0.3 is 9.88 Å². The second-order valence-electron chi connectivity index (χ2n) is 5.46. The van der Waals surface area contributed by atoms with Crippen molar-refractivity contribution in [1.29, 1.82) is 0 Å². The van der Waals surface area contributed by atoms with E-state index in [0.717, 1.165) is 29.3 Å². The number of hydrogen-bond donors (Lipinski definition) is 1. The van der Waals surface area contributed by atoms with E-state index in [-0.39, 0.29) is 5.91 Å². The number of para-hydroxylation sites is 1. The highest BCUT2D eigenvalue weighted by Crippen LogP contribution is 2.24. The van der Waals surface area contributed by atoms with Crippen LogP contribution in [0.3, 0.4) is 0 Å². The molecule has 0 bridgehead atoms. The topological polar surface area (TPSA) is 36.1 Å². The van der Waals surface area contributed by atoms with Crippen molar-refractivity contribution in [2.24, 2.45) is 0 Å². The molecule has 1 aromatic heterocycles. The molecule has 0 atom stereocenters. The van der Waals surface area contributed by atoms with Gasteiger partial charge in [-0.25, -0.2) is 0 Å². The van der Waals surface area contributed by atoms with Crippen LogP contribution in [0.1, 0.15) is 42.5 Å². The first kappa shape index (κ1) is 12.3. The second-order valence-corrected chi connectivity index (χ2v) is 5.46. The Morgan fingerprint density at radius 3 is 2.79 bits per heavy atom. The number of carbonyl (C=O) groups excluding carboxylic acids is 1. The lowest BCUT2D eigenvalue weighted by Gasteiger charge is -2.31. The van der Waals surface area contributed by atoms with Crippen molar-refractivity contribution in [2.45, 2.75) is 38.1 Å². The molecule has 3 rings (SSSR count). The summed E-state index contributed by atoms with van der Waals surface area (Å²) in [5, 5.41) is 1.10. The third-order valence-electron chi connectivity index (χ3n) is 4.26. The standard InChI is InChI=1S/C16H20N2O/c1-18(13-7-3-2-4-8-13)16(19)14-9-5-6-12-10-11-17-15(12)14/h5-6,9-11,13,17H,2-4,7-8H2,1H3. The van der Waals surface area contributed by atoms with E-state index in [1.54, 1.807) is 0 Å². The highest BCUT2D eigenvalue weighted by atomic mass is 16.2. The van der Waals surface area contributed by atoms with Crippen molar-refractivity contribution in [3.8, 4) is 0 Å². The van der Waals surface area contributed by atoms with Crippen molar-refractivity contribution in [3.63, 3.8) is 0 Å². The Bertz CT molecular complexity index is 581. The molecule has 1 fully saturated rings. The molecule has 1 aliphatic carbocycles. The molecule has 100 valence electrons. The van der Waals surface area contributed by atoms with Gasteiger partial charge in [-0.05, 0) is 25.0 Å². The van der Waals surface area contributed by atoms with Gasteiger partial charge in [0.05, 0.1) is 11.1 Å². The Kier molecular flexibility index (Phi) is 3.28. The maximum absolute atomic E-state index is 12.7. The number of hydrogen-bond acceptors (Lipinski definition) is 1. The summed E-state index contributed by atoms with van der Waals surface area (Å²) < 4.78 is 0. The summed E-state index contributed by atoms with van der Waals surface area (Å²) in [4.78, 5) is 17.8. The average Bonchev–Trinajstić information content (AvgIpc) is 2.95. The van der Waals surface area contributed by atoms with Crippen LogP contribution in [0, 0.1) is 0 Å². The Morgan fingerprint density at radius 2 is 2.00 bits per heavy atom. The number of carbonyl (C=O) groups is 1. The Balaban J connectivity index is 1.88. The predicted octanol–water partition coefficient (Wildman–Crippen LogP) is 3.57. The molecule has 0 radical (unpaired) electrons. The van der Waals surface area contributed by atoms with Crippen molar-refractivity contribution < 1.29 is 4.79 Å². The molecule has 0 unspecified atom stereocenters. The van der Waals surface area contributed by atoms with Gasteiger partial charge in [-0.1, -0.05) is 31.4 Å². The summed E-state index contributed by atoms with van der Waals surface area (Å²) in [6.45, 7) is 0. The number of amides is 1. The zero-order valence-electron chi connectivity index (χ0n) is 11.4. The van der Waals surface area contributed by atoms with Crippen LogP contribution in [0.15, 0.2) is 30.5 Å². The summed E-state index contributed by atoms with van der Waals surface area (Å²) in [5.74, 6) is 0.139. The fraction of sp³-hybridized carbons (Fsp3) is 0.438. The lowest BCUT2D eigenvalue weighted by atomic mass is 9.94. The van der Waals surface area contributed by atoms with Gasteiger partial charge in [0, 0.05) is 24.7 Å². The van der Waals surface area contributed by atoms with E-state index in [2.05, 4.69) is 4.98 Å². The van der Waals surface area contributed by atoms with Crippen LogP contribution in [-0.2, 0) is 0 Å². The number of benzene rings is 1. The Morgan fingerprint density at radius 1 is 1.21 bits per heavy atom. The predicted molar refractivity (Wildman–Crippen MR) is 77.3 cm³/mol. The highest BCUT2D eigenvalue weighted by Gasteiger charge is 2.24. The molecule has 2 aromatic rings. The normalized spacial score (nSPS) is 16.7. The molecule has 19 heavy (non-hydrogen) atoms. The molecule has 0 spiro atoms. The smallest absolute Gasteiger partial charge is 0.255 e. The number of nitrogens with one attached hydrogen (secondary N) is 1. The maximum atomic E-state index is 12.7. The molecule has 1 heterocycles. The number of rotatable bonds is 2. The molecule has 1 aromatic carbocycles. The van der Waals surface area contributed by atoms with Crippen LogP contribution in [0.25, 0.3) is 10.9 Å². The SMILES string of the molecule is CN(C(=O)c1cccc2cc[nH]c12)C1CCCCC1. The molecule has 1 amide bonds. The van der Waals surface area contributed by atoms with Crippen molar-refractivity contribution in [1.82, 2.24) is 9.88 Å². The fourth-order valence-electron chi connectivity index (χ4n) is 3.09. The third-order valence-corrected chi connectivity index (χ3v) is 4.26. The Hall–Kier alpha value is -1.77. The molecular weight excluding hydrogens is 236 g/mol. The van der Waals surface area contributed by atoms with Crippen molar-refractivity contribution in [2.75, 3.05) is 7.05 Å². The second kappa shape index (κ2) is 5.08. The molecular formula is C16H20N2O. The molecule has 1 aliphatic rings. The van der Waals surface area contributed by atoms with Crippen LogP contribution in [0.2, 0.25) is 0 Å². The lowest BCUT2D eigenvalue weighted by molar-refractivity contribution is 0.0698. The average molecular weight is 256 g/mol. The van der Waals surface area contributed by atoms with Gasteiger partial charge >= 0.3 is 0 Å². The van der Waals surface area contributed by atoms with Crippen LogP contribution < -0.4 is 0 Å². The van der Waals surface area contributed by atoms with E-state index < -0.39 is 0 Å². The van der Waals surface area contributed by atoms with E-state index in [4.69, 9.17) is 0 Å². The summed E-state index contributed by atoms with van der Waals surface area (Å²) in [5.41, 5.74) is 1.74. The van der Waals surface area contributed by atoms with Gasteiger partial charge in [0.25, 0.3) is 5.91 Å². The van der Waals surface area contributed by atoms with Gasteiger partial charge in [-0.15, -0.1) is 0 Å². The quantitative estimate of drug-likeness (QED) is 0.876. The number of aromatic nitrogens is 1. The molecule has 3 nitrogen and oxygen atoms in total. The molecule has 0 aliphatic heterocycles. The van der Waals surface area contributed by atoms with E-state index in [1.807, 2.05) is 42.4 Å². The minimum absolute atomic E-state index is 0.139. The number of nitrogens with zero attached hydrogens (tertiary/aromatic N) is 1.